The second-order valence-corrected chi connectivity index (χ2v) is 6.36. The zero-order chi connectivity index (χ0) is 10.8. The molecule has 0 bridgehead atoms. The number of aliphatic hydroxyl groups is 1. The summed E-state index contributed by atoms with van der Waals surface area (Å²) in [7, 11) is -1.02. The molecule has 3 nitrogen and oxygen atoms in total. The van der Waals surface area contributed by atoms with Crippen molar-refractivity contribution in [3.63, 3.8) is 0 Å². The molecule has 0 aromatic heterocycles. The first-order valence-electron chi connectivity index (χ1n) is 5.12. The number of hydrogen-bond donors (Lipinski definition) is 2. The van der Waals surface area contributed by atoms with Gasteiger partial charge in [-0.3, -0.25) is 0 Å². The molecule has 0 heterocycles. The third kappa shape index (κ3) is 3.67. The van der Waals surface area contributed by atoms with Gasteiger partial charge in [0.25, 0.3) is 0 Å². The number of nitrogens with one attached hydrogen (secondary N) is 1. The maximum Gasteiger partial charge on any atom is 0.0884 e. The third-order valence-corrected chi connectivity index (χ3v) is 3.69. The Morgan fingerprint density at radius 1 is 1.29 bits per heavy atom. The van der Waals surface area contributed by atoms with E-state index in [-0.39, 0.29) is 0 Å². The lowest BCUT2D eigenvalue weighted by molar-refractivity contribution is -0.0203. The van der Waals surface area contributed by atoms with Crippen LogP contribution in [0.4, 0.5) is 0 Å². The molecule has 0 spiro atoms. The zero-order valence-corrected chi connectivity index (χ0v) is 10.1. The average Bonchev–Trinajstić information content (AvgIpc) is 2.08. The van der Waals surface area contributed by atoms with Crippen LogP contribution < -0.4 is 4.72 Å². The molecule has 1 aliphatic carbocycles. The van der Waals surface area contributed by atoms with Crippen LogP contribution in [0.15, 0.2) is 0 Å². The highest BCUT2D eigenvalue weighted by Gasteiger charge is 2.36. The van der Waals surface area contributed by atoms with Crippen molar-refractivity contribution < 1.29 is 9.32 Å². The van der Waals surface area contributed by atoms with Crippen molar-refractivity contribution in [3.8, 4) is 0 Å². The van der Waals surface area contributed by atoms with E-state index in [1.165, 1.54) is 0 Å². The van der Waals surface area contributed by atoms with Crippen LogP contribution in [-0.4, -0.2) is 27.7 Å². The monoisotopic (exact) mass is 219 g/mol. The van der Waals surface area contributed by atoms with E-state index in [4.69, 9.17) is 0 Å². The highest BCUT2D eigenvalue weighted by Crippen LogP contribution is 2.39. The van der Waals surface area contributed by atoms with Crippen LogP contribution in [0.25, 0.3) is 0 Å². The molecule has 1 unspecified atom stereocenters. The fourth-order valence-electron chi connectivity index (χ4n) is 1.80. The van der Waals surface area contributed by atoms with E-state index in [2.05, 4.69) is 18.6 Å². The first-order valence-corrected chi connectivity index (χ1v) is 6.68. The van der Waals surface area contributed by atoms with E-state index in [0.29, 0.717) is 12.0 Å². The van der Waals surface area contributed by atoms with Crippen molar-refractivity contribution in [1.82, 2.24) is 4.72 Å². The van der Waals surface area contributed by atoms with Crippen molar-refractivity contribution in [2.75, 3.05) is 12.8 Å². The molecular weight excluding hydrogens is 198 g/mol. The molecular formula is C10H21NO2S. The Morgan fingerprint density at radius 2 is 1.79 bits per heavy atom. The van der Waals surface area contributed by atoms with Gasteiger partial charge in [0.1, 0.15) is 0 Å². The minimum atomic E-state index is -1.02. The van der Waals surface area contributed by atoms with Gasteiger partial charge >= 0.3 is 0 Å². The minimum absolute atomic E-state index is 0.359. The van der Waals surface area contributed by atoms with E-state index in [0.717, 1.165) is 25.7 Å². The van der Waals surface area contributed by atoms with Gasteiger partial charge in [0, 0.05) is 12.8 Å². The Labute approximate surface area is 88.9 Å². The van der Waals surface area contributed by atoms with E-state index in [1.54, 1.807) is 6.26 Å². The minimum Gasteiger partial charge on any atom is -0.389 e. The van der Waals surface area contributed by atoms with Gasteiger partial charge in [0.15, 0.2) is 0 Å². The highest BCUT2D eigenvalue weighted by atomic mass is 32.2. The van der Waals surface area contributed by atoms with E-state index >= 15 is 0 Å². The van der Waals surface area contributed by atoms with Gasteiger partial charge in [-0.25, -0.2) is 8.93 Å². The van der Waals surface area contributed by atoms with Gasteiger partial charge in [-0.1, -0.05) is 13.8 Å². The molecule has 1 rings (SSSR count). The predicted molar refractivity (Wildman–Crippen MR) is 59.3 cm³/mol. The molecule has 1 atom stereocenters. The lowest BCUT2D eigenvalue weighted by Crippen LogP contribution is -2.45. The van der Waals surface area contributed by atoms with Gasteiger partial charge in [-0.2, -0.15) is 0 Å². The molecule has 0 radical (unpaired) electrons. The summed E-state index contributed by atoms with van der Waals surface area (Å²) in [6.07, 6.45) is 5.30. The van der Waals surface area contributed by atoms with Crippen LogP contribution in [0.3, 0.4) is 0 Å². The maximum atomic E-state index is 10.8. The average molecular weight is 219 g/mol. The predicted octanol–water partition coefficient (Wildman–Crippen LogP) is 1.20. The van der Waals surface area contributed by atoms with Crippen LogP contribution >= 0.6 is 0 Å². The summed E-state index contributed by atoms with van der Waals surface area (Å²) in [6.45, 7) is 4.92. The van der Waals surface area contributed by atoms with Crippen LogP contribution in [0.1, 0.15) is 39.5 Å². The molecule has 84 valence electrons. The summed E-state index contributed by atoms with van der Waals surface area (Å²) >= 11 is 0. The van der Waals surface area contributed by atoms with Crippen molar-refractivity contribution in [2.24, 2.45) is 5.41 Å². The van der Waals surface area contributed by atoms with Crippen LogP contribution in [0, 0.1) is 5.41 Å². The van der Waals surface area contributed by atoms with Gasteiger partial charge < -0.3 is 5.11 Å². The quantitative estimate of drug-likeness (QED) is 0.749. The van der Waals surface area contributed by atoms with Crippen molar-refractivity contribution >= 4 is 11.0 Å². The largest absolute Gasteiger partial charge is 0.389 e. The topological polar surface area (TPSA) is 49.3 Å². The molecule has 4 heteroatoms. The summed E-state index contributed by atoms with van der Waals surface area (Å²) in [6, 6.07) is 0. The SMILES string of the molecule is CS(=O)NCC1(O)CCC(C)(C)CC1. The van der Waals surface area contributed by atoms with Crippen molar-refractivity contribution in [1.29, 1.82) is 0 Å². The molecule has 0 aliphatic heterocycles. The Kier molecular flexibility index (Phi) is 3.72. The molecule has 0 amide bonds. The second-order valence-electron chi connectivity index (χ2n) is 5.16. The second kappa shape index (κ2) is 4.29. The third-order valence-electron chi connectivity index (χ3n) is 3.14. The first-order chi connectivity index (χ1) is 6.33. The standard InChI is InChI=1S/C10H21NO2S/c1-9(2)4-6-10(12,7-5-9)8-11-14(3)13/h11-12H,4-8H2,1-3H3. The lowest BCUT2D eigenvalue weighted by atomic mass is 9.71. The van der Waals surface area contributed by atoms with Crippen LogP contribution in [0.5, 0.6) is 0 Å². The normalized spacial score (nSPS) is 27.1. The summed E-state index contributed by atoms with van der Waals surface area (Å²) in [5.41, 5.74) is -0.279. The molecule has 0 aromatic rings. The van der Waals surface area contributed by atoms with Crippen LogP contribution in [-0.2, 0) is 11.0 Å². The molecule has 1 fully saturated rings. The van der Waals surface area contributed by atoms with Gasteiger partial charge in [-0.05, 0) is 31.1 Å². The lowest BCUT2D eigenvalue weighted by Gasteiger charge is -2.40. The molecule has 0 saturated heterocycles. The van der Waals surface area contributed by atoms with Crippen molar-refractivity contribution in [2.45, 2.75) is 45.1 Å². The Morgan fingerprint density at radius 3 is 2.21 bits per heavy atom. The Hall–Kier alpha value is 0.0700. The summed E-state index contributed by atoms with van der Waals surface area (Å²) in [4.78, 5) is 0. The number of hydrogen-bond acceptors (Lipinski definition) is 2. The van der Waals surface area contributed by atoms with Gasteiger partial charge in [0.2, 0.25) is 0 Å². The fourth-order valence-corrected chi connectivity index (χ4v) is 2.28. The summed E-state index contributed by atoms with van der Waals surface area (Å²) < 4.78 is 13.7. The highest BCUT2D eigenvalue weighted by molar-refractivity contribution is 7.82. The molecule has 14 heavy (non-hydrogen) atoms. The van der Waals surface area contributed by atoms with E-state index < -0.39 is 16.6 Å². The maximum absolute atomic E-state index is 10.8. The van der Waals surface area contributed by atoms with E-state index in [9.17, 15) is 9.32 Å². The molecule has 1 aliphatic rings. The Balaban J connectivity index is 2.41. The van der Waals surface area contributed by atoms with Gasteiger partial charge in [0.05, 0.1) is 16.6 Å². The zero-order valence-electron chi connectivity index (χ0n) is 9.30. The summed E-state index contributed by atoms with van der Waals surface area (Å²) in [5, 5.41) is 10.2. The first kappa shape index (κ1) is 12.1. The molecule has 2 N–H and O–H groups in total. The van der Waals surface area contributed by atoms with E-state index in [1.807, 2.05) is 0 Å². The van der Waals surface area contributed by atoms with Crippen LogP contribution in [0.2, 0.25) is 0 Å². The van der Waals surface area contributed by atoms with Gasteiger partial charge in [-0.15, -0.1) is 0 Å². The molecule has 1 saturated carbocycles. The molecule has 0 aromatic carbocycles. The number of rotatable bonds is 3. The Bertz CT molecular complexity index is 218. The fraction of sp³-hybridized carbons (Fsp3) is 1.00. The van der Waals surface area contributed by atoms with Crippen molar-refractivity contribution in [3.05, 3.63) is 0 Å². The summed E-state index contributed by atoms with van der Waals surface area (Å²) in [5.74, 6) is 0. The smallest absolute Gasteiger partial charge is 0.0884 e.